The molecule has 2 saturated carbocycles. The van der Waals surface area contributed by atoms with Gasteiger partial charge in [0.25, 0.3) is 11.8 Å². The lowest BCUT2D eigenvalue weighted by atomic mass is 9.76. The van der Waals surface area contributed by atoms with Crippen molar-refractivity contribution < 1.29 is 27.8 Å². The second-order valence-electron chi connectivity index (χ2n) is 20.3. The predicted molar refractivity (Wildman–Crippen MR) is 275 cm³/mol. The van der Waals surface area contributed by atoms with E-state index in [0.717, 1.165) is 99.9 Å². The number of amides is 2. The number of pyridine rings is 4. The van der Waals surface area contributed by atoms with Crippen LogP contribution in [0, 0.1) is 23.5 Å². The molecule has 4 aromatic heterocycles. The van der Waals surface area contributed by atoms with Crippen LogP contribution < -0.4 is 31.9 Å². The molecule has 16 heteroatoms. The molecule has 8 atom stereocenters. The van der Waals surface area contributed by atoms with Gasteiger partial charge >= 0.3 is 0 Å². The lowest BCUT2D eigenvalue weighted by Crippen LogP contribution is -2.32. The smallest absolute Gasteiger partial charge is 0.257 e. The average molecular weight is 969 g/mol. The number of hydrogen-bond donors (Lipinski definition) is 4. The maximum absolute atomic E-state index is 14.9. The number of rotatable bonds is 11. The Labute approximate surface area is 414 Å². The molecule has 14 nitrogen and oxygen atoms in total. The number of halogens is 2. The summed E-state index contributed by atoms with van der Waals surface area (Å²) in [5, 5.41) is 6.71. The molecule has 2 aliphatic carbocycles. The van der Waals surface area contributed by atoms with E-state index in [1.54, 1.807) is 63.5 Å². The van der Waals surface area contributed by atoms with Crippen LogP contribution in [0.4, 0.5) is 31.5 Å². The fourth-order valence-corrected chi connectivity index (χ4v) is 11.7. The number of nitrogens with two attached hydrogens (primary N) is 2. The molecule has 2 amide bonds. The van der Waals surface area contributed by atoms with E-state index in [-0.39, 0.29) is 47.9 Å². The fourth-order valence-electron chi connectivity index (χ4n) is 11.7. The highest BCUT2D eigenvalue weighted by atomic mass is 19.1. The van der Waals surface area contributed by atoms with Gasteiger partial charge in [-0.05, 0) is 141 Å². The lowest BCUT2D eigenvalue weighted by Gasteiger charge is -2.32. The number of aromatic nitrogens is 4. The molecule has 2 saturated heterocycles. The van der Waals surface area contributed by atoms with Gasteiger partial charge in [-0.3, -0.25) is 29.5 Å². The highest BCUT2D eigenvalue weighted by Gasteiger charge is 2.31. The Morgan fingerprint density at radius 2 is 1.23 bits per heavy atom. The Morgan fingerprint density at radius 3 is 1.73 bits per heavy atom. The zero-order valence-corrected chi connectivity index (χ0v) is 41.1. The number of fused-ring (bicyclic) bond motifs is 2. The third-order valence-corrected chi connectivity index (χ3v) is 15.0. The Bertz CT molecular complexity index is 2850. The van der Waals surface area contributed by atoms with Gasteiger partial charge in [0.05, 0.1) is 88.4 Å². The van der Waals surface area contributed by atoms with Gasteiger partial charge in [0.1, 0.15) is 11.6 Å². The Kier molecular flexibility index (Phi) is 15.5. The maximum atomic E-state index is 14.9. The first-order valence-electron chi connectivity index (χ1n) is 25.1. The van der Waals surface area contributed by atoms with E-state index in [0.29, 0.717) is 62.8 Å². The van der Waals surface area contributed by atoms with Crippen LogP contribution in [0.25, 0.3) is 21.8 Å². The van der Waals surface area contributed by atoms with Gasteiger partial charge < -0.3 is 41.4 Å². The van der Waals surface area contributed by atoms with Crippen molar-refractivity contribution in [2.45, 2.75) is 108 Å². The zero-order chi connectivity index (χ0) is 49.8. The van der Waals surface area contributed by atoms with Gasteiger partial charge in [0.2, 0.25) is 0 Å². The van der Waals surface area contributed by atoms with Crippen molar-refractivity contribution in [3.05, 3.63) is 120 Å². The van der Waals surface area contributed by atoms with Gasteiger partial charge in [-0.25, -0.2) is 8.78 Å². The Morgan fingerprint density at radius 1 is 0.690 bits per heavy atom. The standard InChI is InChI=1S/C28H34FN5O2.C27H32FN5O2/c1-17-10-18(12-19(30)11-17)22-7-8-31-15-26(22)33-28(35)23-5-6-25(29)24-13-21(14-32-27(23)24)34-9-3-4-20(34)16-36-2;1-16-9-17(11-18(29)10-16)21-5-7-30-14-25(21)32-27(34)22-3-4-24(28)23-12-19(13-31-26(22)23)33-8-6-20(15-33)35-2/h5-8,13-15,17-20H,3-4,9-12,16,30H2,1-2H3,(H,33,35);3-5,7,12-14,16-18,20H,6,8-11,15,29H2,1-2H3,(H,32,34)/t17-,18+,19-,20?;16-,17+,18-,20?/m00/s1. The molecule has 4 fully saturated rings. The van der Waals surface area contributed by atoms with Crippen molar-refractivity contribution in [3.63, 3.8) is 0 Å². The summed E-state index contributed by atoms with van der Waals surface area (Å²) in [7, 11) is 3.39. The minimum atomic E-state index is -0.402. The van der Waals surface area contributed by atoms with Crippen LogP contribution in [0.15, 0.2) is 85.7 Å². The minimum absolute atomic E-state index is 0.147. The molecule has 374 valence electrons. The number of anilines is 4. The van der Waals surface area contributed by atoms with Crippen LogP contribution in [0.2, 0.25) is 0 Å². The van der Waals surface area contributed by atoms with Gasteiger partial charge in [-0.2, -0.15) is 0 Å². The molecule has 4 aliphatic rings. The SMILES string of the molecule is COC1CCN(c2cnc3c(C(=O)Nc4cnccc4[C@@H]4C[C@H](C)C[C@H](N)C4)ccc(F)c3c2)C1.COCC1CCCN1c1cnc2c(C(=O)Nc3cnccc3[C@@H]3C[C@H](C)C[C@H](N)C3)ccc(F)c2c1. The highest BCUT2D eigenvalue weighted by Crippen LogP contribution is 2.40. The number of benzene rings is 2. The molecule has 6 N–H and O–H groups in total. The molecule has 2 aliphatic heterocycles. The molecule has 0 spiro atoms. The summed E-state index contributed by atoms with van der Waals surface area (Å²) in [6.07, 6.45) is 19.3. The van der Waals surface area contributed by atoms with E-state index < -0.39 is 11.6 Å². The van der Waals surface area contributed by atoms with E-state index >= 15 is 0 Å². The van der Waals surface area contributed by atoms with E-state index in [1.807, 2.05) is 12.1 Å². The van der Waals surface area contributed by atoms with Gasteiger partial charge in [0, 0.05) is 69.1 Å². The Balaban J connectivity index is 0.000000176. The highest BCUT2D eigenvalue weighted by molar-refractivity contribution is 6.13. The molecular formula is C55H66F2N10O4. The van der Waals surface area contributed by atoms with Gasteiger partial charge in [-0.15, -0.1) is 0 Å². The molecular weight excluding hydrogens is 903 g/mol. The second kappa shape index (κ2) is 22.1. The zero-order valence-electron chi connectivity index (χ0n) is 41.1. The molecule has 2 unspecified atom stereocenters. The third kappa shape index (κ3) is 11.2. The number of ether oxygens (including phenoxy) is 2. The van der Waals surface area contributed by atoms with E-state index in [9.17, 15) is 18.4 Å². The molecule has 0 radical (unpaired) electrons. The normalized spacial score (nSPS) is 24.5. The summed E-state index contributed by atoms with van der Waals surface area (Å²) >= 11 is 0. The van der Waals surface area contributed by atoms with Crippen LogP contribution in [0.3, 0.4) is 0 Å². The van der Waals surface area contributed by atoms with E-state index in [1.165, 1.54) is 24.3 Å². The number of methoxy groups -OCH3 is 2. The predicted octanol–water partition coefficient (Wildman–Crippen LogP) is 9.34. The molecule has 6 heterocycles. The Hall–Kier alpha value is -6.20. The second-order valence-corrected chi connectivity index (χ2v) is 20.3. The number of carbonyl (C=O) groups excluding carboxylic acids is 2. The summed E-state index contributed by atoms with van der Waals surface area (Å²) < 4.78 is 40.5. The quantitative estimate of drug-likeness (QED) is 0.0966. The summed E-state index contributed by atoms with van der Waals surface area (Å²) in [5.41, 5.74) is 19.0. The van der Waals surface area contributed by atoms with Crippen molar-refractivity contribution in [1.82, 2.24) is 19.9 Å². The van der Waals surface area contributed by atoms with Crippen molar-refractivity contribution in [2.75, 3.05) is 60.9 Å². The first kappa shape index (κ1) is 49.8. The lowest BCUT2D eigenvalue weighted by molar-refractivity contribution is 0.101. The van der Waals surface area contributed by atoms with Crippen molar-refractivity contribution in [2.24, 2.45) is 23.3 Å². The number of carbonyl (C=O) groups is 2. The first-order chi connectivity index (χ1) is 34.4. The van der Waals surface area contributed by atoms with Gasteiger partial charge in [-0.1, -0.05) is 13.8 Å². The number of nitrogens with one attached hydrogen (secondary N) is 2. The van der Waals surface area contributed by atoms with Crippen LogP contribution >= 0.6 is 0 Å². The molecule has 6 aromatic rings. The van der Waals surface area contributed by atoms with Crippen LogP contribution in [-0.2, 0) is 9.47 Å². The van der Waals surface area contributed by atoms with Crippen LogP contribution in [0.5, 0.6) is 0 Å². The average Bonchev–Trinajstić information content (AvgIpc) is 4.05. The summed E-state index contributed by atoms with van der Waals surface area (Å²) in [6, 6.07) is 13.7. The maximum Gasteiger partial charge on any atom is 0.257 e. The molecule has 2 aromatic carbocycles. The molecule has 0 bridgehead atoms. The summed E-state index contributed by atoms with van der Waals surface area (Å²) in [4.78, 5) is 48.7. The topological polar surface area (TPSA) is 187 Å². The van der Waals surface area contributed by atoms with Crippen LogP contribution in [0.1, 0.15) is 115 Å². The van der Waals surface area contributed by atoms with Gasteiger partial charge in [0.15, 0.2) is 0 Å². The fraction of sp³-hybridized carbons (Fsp3) is 0.455. The largest absolute Gasteiger partial charge is 0.383 e. The number of nitrogens with zero attached hydrogens (tertiary/aromatic N) is 6. The van der Waals surface area contributed by atoms with E-state index in [4.69, 9.17) is 20.9 Å². The minimum Gasteiger partial charge on any atom is -0.383 e. The summed E-state index contributed by atoms with van der Waals surface area (Å²) in [5.74, 6) is 0.0941. The molecule has 71 heavy (non-hydrogen) atoms. The third-order valence-electron chi connectivity index (χ3n) is 15.0. The molecule has 10 rings (SSSR count). The van der Waals surface area contributed by atoms with Crippen molar-refractivity contribution in [3.8, 4) is 0 Å². The first-order valence-corrected chi connectivity index (χ1v) is 25.1. The van der Waals surface area contributed by atoms with Crippen molar-refractivity contribution in [1.29, 1.82) is 0 Å². The van der Waals surface area contributed by atoms with Crippen molar-refractivity contribution >= 4 is 56.4 Å². The number of hydrogen-bond acceptors (Lipinski definition) is 12. The van der Waals surface area contributed by atoms with Crippen LogP contribution in [-0.4, -0.2) is 96.4 Å². The monoisotopic (exact) mass is 969 g/mol. The summed E-state index contributed by atoms with van der Waals surface area (Å²) in [6.45, 7) is 7.47. The van der Waals surface area contributed by atoms with E-state index in [2.05, 4.69) is 54.2 Å².